The second-order valence-electron chi connectivity index (χ2n) is 7.08. The van der Waals surface area contributed by atoms with Crippen molar-refractivity contribution in [3.63, 3.8) is 0 Å². The summed E-state index contributed by atoms with van der Waals surface area (Å²) in [5.41, 5.74) is 5.83. The lowest BCUT2D eigenvalue weighted by molar-refractivity contribution is -0.138. The Morgan fingerprint density at radius 3 is 2.53 bits per heavy atom. The molecule has 0 bridgehead atoms. The number of hydrogen-bond acceptors (Lipinski definition) is 2. The van der Waals surface area contributed by atoms with E-state index in [1.54, 1.807) is 0 Å². The maximum atomic E-state index is 12.4. The topological polar surface area (TPSA) is 46.3 Å². The summed E-state index contributed by atoms with van der Waals surface area (Å²) in [5, 5.41) is 0. The first-order chi connectivity index (χ1) is 7.64. The zero-order valence-electron chi connectivity index (χ0n) is 12.0. The molecule has 1 amide bonds. The highest BCUT2D eigenvalue weighted by Gasteiger charge is 2.40. The van der Waals surface area contributed by atoms with E-state index >= 15 is 0 Å². The Morgan fingerprint density at radius 2 is 2.06 bits per heavy atom. The van der Waals surface area contributed by atoms with Gasteiger partial charge in [-0.25, -0.2) is 0 Å². The monoisotopic (exact) mass is 240 g/mol. The first-order valence-corrected chi connectivity index (χ1v) is 6.68. The van der Waals surface area contributed by atoms with Gasteiger partial charge in [-0.05, 0) is 24.2 Å². The molecule has 3 heteroatoms. The first kappa shape index (κ1) is 14.5. The molecule has 2 unspecified atom stereocenters. The van der Waals surface area contributed by atoms with Crippen LogP contribution in [0.5, 0.6) is 0 Å². The molecule has 100 valence electrons. The van der Waals surface area contributed by atoms with Crippen molar-refractivity contribution in [3.8, 4) is 0 Å². The van der Waals surface area contributed by atoms with E-state index in [9.17, 15) is 4.79 Å². The summed E-state index contributed by atoms with van der Waals surface area (Å²) in [7, 11) is 1.88. The molecule has 0 aliphatic heterocycles. The third-order valence-electron chi connectivity index (χ3n) is 3.52. The van der Waals surface area contributed by atoms with Crippen LogP contribution in [-0.2, 0) is 4.79 Å². The molecule has 3 nitrogen and oxygen atoms in total. The van der Waals surface area contributed by atoms with Crippen molar-refractivity contribution in [2.75, 3.05) is 13.6 Å². The lowest BCUT2D eigenvalue weighted by Crippen LogP contribution is -2.57. The van der Waals surface area contributed by atoms with Crippen LogP contribution in [0.4, 0.5) is 0 Å². The fourth-order valence-corrected chi connectivity index (χ4v) is 2.95. The quantitative estimate of drug-likeness (QED) is 0.805. The van der Waals surface area contributed by atoms with Crippen LogP contribution in [-0.4, -0.2) is 29.9 Å². The largest absolute Gasteiger partial charge is 0.344 e. The van der Waals surface area contributed by atoms with Crippen molar-refractivity contribution in [2.24, 2.45) is 17.1 Å². The number of nitrogens with zero attached hydrogens (tertiary/aromatic N) is 1. The van der Waals surface area contributed by atoms with Gasteiger partial charge in [-0.1, -0.05) is 40.5 Å². The van der Waals surface area contributed by atoms with Crippen LogP contribution in [0.15, 0.2) is 0 Å². The molecule has 1 aliphatic carbocycles. The van der Waals surface area contributed by atoms with Gasteiger partial charge in [0.25, 0.3) is 0 Å². The Labute approximate surface area is 106 Å². The molecule has 0 radical (unpaired) electrons. The van der Waals surface area contributed by atoms with Gasteiger partial charge >= 0.3 is 0 Å². The maximum Gasteiger partial charge on any atom is 0.242 e. The van der Waals surface area contributed by atoms with Crippen molar-refractivity contribution < 1.29 is 4.79 Å². The van der Waals surface area contributed by atoms with E-state index in [1.165, 1.54) is 6.42 Å². The fraction of sp³-hybridized carbons (Fsp3) is 0.929. The van der Waals surface area contributed by atoms with Gasteiger partial charge in [-0.15, -0.1) is 0 Å². The number of carbonyl (C=O) groups excluding carboxylic acids is 1. The minimum Gasteiger partial charge on any atom is -0.344 e. The van der Waals surface area contributed by atoms with Crippen LogP contribution in [0.25, 0.3) is 0 Å². The van der Waals surface area contributed by atoms with Gasteiger partial charge in [0, 0.05) is 13.6 Å². The minimum absolute atomic E-state index is 0.124. The molecule has 1 saturated carbocycles. The maximum absolute atomic E-state index is 12.4. The SMILES string of the molecule is CC1CCCC(N)(C(=O)N(C)CC(C)(C)C)C1. The normalized spacial score (nSPS) is 30.1. The highest BCUT2D eigenvalue weighted by molar-refractivity contribution is 5.86. The molecule has 2 N–H and O–H groups in total. The van der Waals surface area contributed by atoms with Crippen LogP contribution in [0, 0.1) is 11.3 Å². The predicted molar refractivity (Wildman–Crippen MR) is 71.6 cm³/mol. The summed E-state index contributed by atoms with van der Waals surface area (Å²) in [6.45, 7) is 9.38. The lowest BCUT2D eigenvalue weighted by Gasteiger charge is -2.39. The zero-order valence-corrected chi connectivity index (χ0v) is 12.0. The molecule has 1 rings (SSSR count). The van der Waals surface area contributed by atoms with Crippen molar-refractivity contribution >= 4 is 5.91 Å². The Morgan fingerprint density at radius 1 is 1.47 bits per heavy atom. The van der Waals surface area contributed by atoms with Crippen molar-refractivity contribution in [1.29, 1.82) is 0 Å². The Hall–Kier alpha value is -0.570. The summed E-state index contributed by atoms with van der Waals surface area (Å²) in [6, 6.07) is 0. The smallest absolute Gasteiger partial charge is 0.242 e. The van der Waals surface area contributed by atoms with Crippen LogP contribution in [0.3, 0.4) is 0 Å². The molecule has 0 spiro atoms. The molecule has 1 aliphatic rings. The van der Waals surface area contributed by atoms with Gasteiger partial charge in [0.15, 0.2) is 0 Å². The second-order valence-corrected chi connectivity index (χ2v) is 7.08. The van der Waals surface area contributed by atoms with Crippen molar-refractivity contribution in [2.45, 2.75) is 58.9 Å². The van der Waals surface area contributed by atoms with E-state index in [4.69, 9.17) is 5.73 Å². The highest BCUT2D eigenvalue weighted by atomic mass is 16.2. The highest BCUT2D eigenvalue weighted by Crippen LogP contribution is 2.32. The van der Waals surface area contributed by atoms with E-state index in [0.29, 0.717) is 5.92 Å². The minimum atomic E-state index is -0.613. The Kier molecular flexibility index (Phi) is 4.23. The molecule has 0 aromatic carbocycles. The molecule has 17 heavy (non-hydrogen) atoms. The number of nitrogens with two attached hydrogens (primary N) is 1. The van der Waals surface area contributed by atoms with Crippen LogP contribution in [0.1, 0.15) is 53.4 Å². The summed E-state index contributed by atoms with van der Waals surface area (Å²) < 4.78 is 0. The standard InChI is InChI=1S/C14H28N2O/c1-11-7-6-8-14(15,9-11)12(17)16(5)10-13(2,3)4/h11H,6-10,15H2,1-5H3. The molecular weight excluding hydrogens is 212 g/mol. The van der Waals surface area contributed by atoms with Gasteiger partial charge < -0.3 is 10.6 Å². The van der Waals surface area contributed by atoms with E-state index in [0.717, 1.165) is 25.8 Å². The first-order valence-electron chi connectivity index (χ1n) is 6.68. The number of likely N-dealkylation sites (N-methyl/N-ethyl adjacent to an activating group) is 1. The zero-order chi connectivity index (χ0) is 13.3. The van der Waals surface area contributed by atoms with Crippen molar-refractivity contribution in [3.05, 3.63) is 0 Å². The van der Waals surface area contributed by atoms with Gasteiger partial charge in [0.2, 0.25) is 5.91 Å². The number of carbonyl (C=O) groups is 1. The van der Waals surface area contributed by atoms with E-state index in [-0.39, 0.29) is 11.3 Å². The molecule has 0 aromatic rings. The van der Waals surface area contributed by atoms with E-state index < -0.39 is 5.54 Å². The van der Waals surface area contributed by atoms with E-state index in [2.05, 4.69) is 27.7 Å². The summed E-state index contributed by atoms with van der Waals surface area (Å²) >= 11 is 0. The molecule has 0 saturated heterocycles. The summed E-state index contributed by atoms with van der Waals surface area (Å²) in [5.74, 6) is 0.694. The summed E-state index contributed by atoms with van der Waals surface area (Å²) in [6.07, 6.45) is 3.95. The Bertz CT molecular complexity index is 282. The number of amides is 1. The fourth-order valence-electron chi connectivity index (χ4n) is 2.95. The van der Waals surface area contributed by atoms with E-state index in [1.807, 2.05) is 11.9 Å². The van der Waals surface area contributed by atoms with Crippen LogP contribution in [0.2, 0.25) is 0 Å². The van der Waals surface area contributed by atoms with Gasteiger partial charge in [-0.3, -0.25) is 4.79 Å². The third kappa shape index (κ3) is 3.98. The van der Waals surface area contributed by atoms with Crippen molar-refractivity contribution in [1.82, 2.24) is 4.90 Å². The number of hydrogen-bond donors (Lipinski definition) is 1. The molecule has 0 heterocycles. The average Bonchev–Trinajstić information content (AvgIpc) is 2.13. The summed E-state index contributed by atoms with van der Waals surface area (Å²) in [4.78, 5) is 14.3. The average molecular weight is 240 g/mol. The Balaban J connectivity index is 2.67. The predicted octanol–water partition coefficient (Wildman–Crippen LogP) is 2.40. The molecule has 2 atom stereocenters. The third-order valence-corrected chi connectivity index (χ3v) is 3.52. The van der Waals surface area contributed by atoms with Crippen LogP contribution >= 0.6 is 0 Å². The molecule has 1 fully saturated rings. The van der Waals surface area contributed by atoms with Gasteiger partial charge in [0.1, 0.15) is 0 Å². The lowest BCUT2D eigenvalue weighted by atomic mass is 9.76. The molecule has 0 aromatic heterocycles. The van der Waals surface area contributed by atoms with Gasteiger partial charge in [0.05, 0.1) is 5.54 Å². The molecular formula is C14H28N2O. The van der Waals surface area contributed by atoms with Crippen LogP contribution < -0.4 is 5.73 Å². The number of rotatable bonds is 2. The second kappa shape index (κ2) is 4.97. The van der Waals surface area contributed by atoms with Gasteiger partial charge in [-0.2, -0.15) is 0 Å².